The number of hydrogen-bond acceptors (Lipinski definition) is 2. The second-order valence-electron chi connectivity index (χ2n) is 5.30. The largest absolute Gasteiger partial charge is 0.388 e. The third-order valence-electron chi connectivity index (χ3n) is 3.35. The molecule has 1 aromatic carbocycles. The maximum Gasteiger partial charge on any atom is 0.322 e. The molecule has 1 aliphatic rings. The lowest BCUT2D eigenvalue weighted by Gasteiger charge is -2.33. The number of aliphatic hydroxyl groups is 1. The zero-order valence-corrected chi connectivity index (χ0v) is 10.9. The van der Waals surface area contributed by atoms with Crippen molar-refractivity contribution in [2.45, 2.75) is 38.3 Å². The molecule has 98 valence electrons. The van der Waals surface area contributed by atoms with Gasteiger partial charge in [0.05, 0.1) is 11.6 Å². The molecule has 4 nitrogen and oxygen atoms in total. The third kappa shape index (κ3) is 2.82. The Balaban J connectivity index is 2.05. The second kappa shape index (κ2) is 4.98. The van der Waals surface area contributed by atoms with E-state index in [-0.39, 0.29) is 12.1 Å². The van der Waals surface area contributed by atoms with Crippen molar-refractivity contribution in [2.24, 2.45) is 0 Å². The van der Waals surface area contributed by atoms with Crippen molar-refractivity contribution < 1.29 is 9.90 Å². The number of likely N-dealkylation sites (tertiary alicyclic amines) is 1. The fourth-order valence-corrected chi connectivity index (χ4v) is 2.46. The minimum absolute atomic E-state index is 0.110. The monoisotopic (exact) mass is 248 g/mol. The van der Waals surface area contributed by atoms with Crippen LogP contribution in [-0.2, 0) is 0 Å². The van der Waals surface area contributed by atoms with Crippen LogP contribution in [0.1, 0.15) is 26.7 Å². The summed E-state index contributed by atoms with van der Waals surface area (Å²) >= 11 is 0. The molecule has 0 saturated carbocycles. The summed E-state index contributed by atoms with van der Waals surface area (Å²) in [5, 5.41) is 12.9. The van der Waals surface area contributed by atoms with Crippen molar-refractivity contribution in [2.75, 3.05) is 11.9 Å². The normalized spacial score (nSPS) is 19.9. The van der Waals surface area contributed by atoms with Crippen LogP contribution in [-0.4, -0.2) is 34.2 Å². The van der Waals surface area contributed by atoms with Crippen molar-refractivity contribution >= 4 is 11.7 Å². The van der Waals surface area contributed by atoms with Crippen LogP contribution in [0, 0.1) is 0 Å². The Hall–Kier alpha value is -1.55. The number of para-hydroxylation sites is 1. The Morgan fingerprint density at radius 2 is 2.06 bits per heavy atom. The summed E-state index contributed by atoms with van der Waals surface area (Å²) in [5.41, 5.74) is -0.0752. The van der Waals surface area contributed by atoms with E-state index in [2.05, 4.69) is 5.32 Å². The first-order chi connectivity index (χ1) is 8.48. The zero-order chi connectivity index (χ0) is 13.2. The van der Waals surface area contributed by atoms with E-state index in [9.17, 15) is 9.90 Å². The summed E-state index contributed by atoms with van der Waals surface area (Å²) < 4.78 is 0. The molecule has 1 atom stereocenters. The van der Waals surface area contributed by atoms with Crippen molar-refractivity contribution in [3.63, 3.8) is 0 Å². The lowest BCUT2D eigenvalue weighted by Crippen LogP contribution is -2.49. The molecule has 1 heterocycles. The molecule has 0 bridgehead atoms. The van der Waals surface area contributed by atoms with Gasteiger partial charge in [0.15, 0.2) is 0 Å². The summed E-state index contributed by atoms with van der Waals surface area (Å²) in [6.45, 7) is 4.21. The Morgan fingerprint density at radius 1 is 1.39 bits per heavy atom. The van der Waals surface area contributed by atoms with Crippen LogP contribution in [0.4, 0.5) is 10.5 Å². The Morgan fingerprint density at radius 3 is 2.67 bits per heavy atom. The van der Waals surface area contributed by atoms with Crippen LogP contribution in [0.2, 0.25) is 0 Å². The van der Waals surface area contributed by atoms with Gasteiger partial charge in [-0.25, -0.2) is 4.79 Å². The molecule has 1 aromatic rings. The van der Waals surface area contributed by atoms with E-state index in [4.69, 9.17) is 0 Å². The number of nitrogens with zero attached hydrogens (tertiary/aromatic N) is 1. The van der Waals surface area contributed by atoms with E-state index in [0.29, 0.717) is 6.54 Å². The first-order valence-corrected chi connectivity index (χ1v) is 6.33. The molecule has 2 N–H and O–H groups in total. The van der Waals surface area contributed by atoms with Gasteiger partial charge in [0.2, 0.25) is 0 Å². The highest BCUT2D eigenvalue weighted by Crippen LogP contribution is 2.27. The second-order valence-corrected chi connectivity index (χ2v) is 5.30. The lowest BCUT2D eigenvalue weighted by atomic mass is 9.97. The van der Waals surface area contributed by atoms with Crippen molar-refractivity contribution in [1.82, 2.24) is 4.90 Å². The van der Waals surface area contributed by atoms with Crippen LogP contribution < -0.4 is 5.32 Å². The number of carbonyl (C=O) groups excluding carboxylic acids is 1. The molecule has 0 aliphatic carbocycles. The number of hydrogen-bond donors (Lipinski definition) is 2. The van der Waals surface area contributed by atoms with Gasteiger partial charge in [-0.3, -0.25) is 0 Å². The molecule has 4 heteroatoms. The molecule has 1 saturated heterocycles. The Labute approximate surface area is 108 Å². The van der Waals surface area contributed by atoms with Crippen molar-refractivity contribution in [1.29, 1.82) is 0 Å². The van der Waals surface area contributed by atoms with Crippen molar-refractivity contribution in [3.8, 4) is 0 Å². The molecule has 1 fully saturated rings. The van der Waals surface area contributed by atoms with E-state index < -0.39 is 5.60 Å². The maximum atomic E-state index is 12.2. The van der Waals surface area contributed by atoms with Crippen molar-refractivity contribution in [3.05, 3.63) is 30.3 Å². The van der Waals surface area contributed by atoms with Crippen LogP contribution in [0.3, 0.4) is 0 Å². The molecular weight excluding hydrogens is 228 g/mol. The van der Waals surface area contributed by atoms with E-state index in [1.54, 1.807) is 18.7 Å². The summed E-state index contributed by atoms with van der Waals surface area (Å²) in [4.78, 5) is 13.9. The number of benzene rings is 1. The molecule has 0 radical (unpaired) electrons. The fourth-order valence-electron chi connectivity index (χ4n) is 2.46. The van der Waals surface area contributed by atoms with E-state index in [0.717, 1.165) is 18.5 Å². The number of nitrogens with one attached hydrogen (secondary N) is 1. The molecule has 18 heavy (non-hydrogen) atoms. The smallest absolute Gasteiger partial charge is 0.322 e. The molecule has 0 aromatic heterocycles. The van der Waals surface area contributed by atoms with Crippen LogP contribution >= 0.6 is 0 Å². The third-order valence-corrected chi connectivity index (χ3v) is 3.35. The quantitative estimate of drug-likeness (QED) is 0.844. The van der Waals surface area contributed by atoms with Gasteiger partial charge >= 0.3 is 6.03 Å². The van der Waals surface area contributed by atoms with Gasteiger partial charge in [0.25, 0.3) is 0 Å². The van der Waals surface area contributed by atoms with Gasteiger partial charge in [0, 0.05) is 12.2 Å². The first kappa shape index (κ1) is 12.9. The van der Waals surface area contributed by atoms with E-state index in [1.165, 1.54) is 0 Å². The average Bonchev–Trinajstić information content (AvgIpc) is 2.79. The predicted molar refractivity (Wildman–Crippen MR) is 71.5 cm³/mol. The lowest BCUT2D eigenvalue weighted by molar-refractivity contribution is 0.0117. The minimum Gasteiger partial charge on any atom is -0.388 e. The summed E-state index contributed by atoms with van der Waals surface area (Å²) in [6.07, 6.45) is 1.79. The number of anilines is 1. The minimum atomic E-state index is -0.857. The summed E-state index contributed by atoms with van der Waals surface area (Å²) in [6, 6.07) is 9.14. The predicted octanol–water partition coefficient (Wildman–Crippen LogP) is 2.45. The highest BCUT2D eigenvalue weighted by Gasteiger charge is 2.38. The van der Waals surface area contributed by atoms with Crippen LogP contribution in [0.25, 0.3) is 0 Å². The molecule has 1 aliphatic heterocycles. The molecule has 0 spiro atoms. The Bertz CT molecular complexity index is 412. The van der Waals surface area contributed by atoms with Gasteiger partial charge in [-0.1, -0.05) is 18.2 Å². The van der Waals surface area contributed by atoms with E-state index in [1.807, 2.05) is 30.3 Å². The van der Waals surface area contributed by atoms with Gasteiger partial charge in [-0.2, -0.15) is 0 Å². The fraction of sp³-hybridized carbons (Fsp3) is 0.500. The van der Waals surface area contributed by atoms with Crippen LogP contribution in [0.5, 0.6) is 0 Å². The molecule has 1 unspecified atom stereocenters. The molecule has 2 rings (SSSR count). The average molecular weight is 248 g/mol. The number of rotatable bonds is 2. The highest BCUT2D eigenvalue weighted by atomic mass is 16.3. The Kier molecular flexibility index (Phi) is 3.57. The first-order valence-electron chi connectivity index (χ1n) is 6.33. The molecular formula is C14H20N2O2. The van der Waals surface area contributed by atoms with Gasteiger partial charge in [-0.15, -0.1) is 0 Å². The summed E-state index contributed by atoms with van der Waals surface area (Å²) in [5.74, 6) is 0. The number of carbonyl (C=O) groups is 1. The van der Waals surface area contributed by atoms with Gasteiger partial charge in [-0.05, 0) is 38.8 Å². The SMILES string of the molecule is CC(C)(O)C1CCCN1C(=O)Nc1ccccc1. The van der Waals surface area contributed by atoms with Crippen LogP contribution in [0.15, 0.2) is 30.3 Å². The van der Waals surface area contributed by atoms with Gasteiger partial charge in [0.1, 0.15) is 0 Å². The number of amides is 2. The number of urea groups is 1. The maximum absolute atomic E-state index is 12.2. The zero-order valence-electron chi connectivity index (χ0n) is 10.9. The summed E-state index contributed by atoms with van der Waals surface area (Å²) in [7, 11) is 0. The van der Waals surface area contributed by atoms with Gasteiger partial charge < -0.3 is 15.3 Å². The van der Waals surface area contributed by atoms with E-state index >= 15 is 0 Å². The molecule has 2 amide bonds. The highest BCUT2D eigenvalue weighted by molar-refractivity contribution is 5.89. The topological polar surface area (TPSA) is 52.6 Å². The standard InChI is InChI=1S/C14H20N2O2/c1-14(2,18)12-9-6-10-16(12)13(17)15-11-7-4-3-5-8-11/h3-5,7-8,12,18H,6,9-10H2,1-2H3,(H,15,17).